The first kappa shape index (κ1) is 14.4. The first-order valence-corrected chi connectivity index (χ1v) is 7.77. The lowest BCUT2D eigenvalue weighted by Crippen LogP contribution is -2.46. The van der Waals surface area contributed by atoms with Gasteiger partial charge in [0.1, 0.15) is 11.6 Å². The van der Waals surface area contributed by atoms with Crippen molar-refractivity contribution < 1.29 is 0 Å². The number of fused-ring (bicyclic) bond motifs is 1. The monoisotopic (exact) mass is 287 g/mol. The summed E-state index contributed by atoms with van der Waals surface area (Å²) in [5.74, 6) is 2.83. The van der Waals surface area contributed by atoms with Crippen molar-refractivity contribution in [2.24, 2.45) is 17.1 Å². The van der Waals surface area contributed by atoms with E-state index in [1.807, 2.05) is 19.9 Å². The molecule has 1 aliphatic rings. The van der Waals surface area contributed by atoms with Gasteiger partial charge in [-0.15, -0.1) is 10.2 Å². The molecule has 0 bridgehead atoms. The smallest absolute Gasteiger partial charge is 0.164 e. The summed E-state index contributed by atoms with van der Waals surface area (Å²) < 4.78 is 2.11. The number of nitrogens with two attached hydrogens (primary N) is 1. The summed E-state index contributed by atoms with van der Waals surface area (Å²) in [4.78, 5) is 4.57. The van der Waals surface area contributed by atoms with Gasteiger partial charge in [-0.1, -0.05) is 20.8 Å². The van der Waals surface area contributed by atoms with Crippen molar-refractivity contribution in [3.63, 3.8) is 0 Å². The van der Waals surface area contributed by atoms with Crippen molar-refractivity contribution in [2.75, 3.05) is 0 Å². The molecule has 2 heterocycles. The lowest BCUT2D eigenvalue weighted by molar-refractivity contribution is 0.0941. The van der Waals surface area contributed by atoms with Crippen LogP contribution in [0.3, 0.4) is 0 Å². The van der Waals surface area contributed by atoms with Gasteiger partial charge < -0.3 is 5.73 Å². The van der Waals surface area contributed by atoms with Gasteiger partial charge in [-0.25, -0.2) is 4.98 Å². The predicted molar refractivity (Wildman–Crippen MR) is 83.2 cm³/mol. The van der Waals surface area contributed by atoms with Crippen molar-refractivity contribution in [1.82, 2.24) is 19.6 Å². The van der Waals surface area contributed by atoms with Crippen LogP contribution in [0.2, 0.25) is 0 Å². The first-order chi connectivity index (χ1) is 9.82. The zero-order valence-electron chi connectivity index (χ0n) is 13.6. The van der Waals surface area contributed by atoms with Crippen molar-refractivity contribution in [3.05, 3.63) is 23.4 Å². The third-order valence-corrected chi connectivity index (χ3v) is 5.53. The number of hydrogen-bond donors (Lipinski definition) is 1. The van der Waals surface area contributed by atoms with Crippen LogP contribution in [-0.4, -0.2) is 25.6 Å². The Balaban J connectivity index is 2.12. The minimum atomic E-state index is 0.109. The molecule has 0 saturated heterocycles. The van der Waals surface area contributed by atoms with Gasteiger partial charge in [0.25, 0.3) is 0 Å². The molecule has 5 nitrogen and oxygen atoms in total. The number of nitrogens with zero attached hydrogens (tertiary/aromatic N) is 4. The topological polar surface area (TPSA) is 69.1 Å². The molecule has 1 saturated carbocycles. The number of hydrogen-bond acceptors (Lipinski definition) is 4. The molecule has 0 radical (unpaired) electrons. The van der Waals surface area contributed by atoms with Crippen LogP contribution in [0.5, 0.6) is 0 Å². The molecule has 3 rings (SSSR count). The summed E-state index contributed by atoms with van der Waals surface area (Å²) in [5, 5.41) is 8.88. The average molecular weight is 287 g/mol. The molecular weight excluding hydrogens is 262 g/mol. The van der Waals surface area contributed by atoms with Gasteiger partial charge >= 0.3 is 0 Å². The summed E-state index contributed by atoms with van der Waals surface area (Å²) >= 11 is 0. The Hall–Kier alpha value is -1.49. The lowest BCUT2D eigenvalue weighted by Gasteiger charge is -2.46. The molecule has 0 aromatic carbocycles. The van der Waals surface area contributed by atoms with E-state index >= 15 is 0 Å². The first-order valence-electron chi connectivity index (χ1n) is 7.77. The summed E-state index contributed by atoms with van der Waals surface area (Å²) in [5.41, 5.74) is 8.27. The molecule has 21 heavy (non-hydrogen) atoms. The fourth-order valence-electron chi connectivity index (χ4n) is 3.80. The molecule has 3 unspecified atom stereocenters. The van der Waals surface area contributed by atoms with Gasteiger partial charge in [-0.3, -0.25) is 4.40 Å². The molecule has 3 atom stereocenters. The minimum Gasteiger partial charge on any atom is -0.327 e. The molecule has 1 aliphatic carbocycles. The van der Waals surface area contributed by atoms with E-state index in [0.29, 0.717) is 11.8 Å². The SMILES string of the molecule is Cc1cc2nnc(C3CCC(N)C(C)C3(C)C)n2c(C)n1. The second-order valence-corrected chi connectivity index (χ2v) is 7.10. The van der Waals surface area contributed by atoms with E-state index in [9.17, 15) is 0 Å². The summed E-state index contributed by atoms with van der Waals surface area (Å²) in [6.45, 7) is 10.9. The summed E-state index contributed by atoms with van der Waals surface area (Å²) in [6.07, 6.45) is 2.11. The molecule has 0 amide bonds. The maximum atomic E-state index is 6.28. The van der Waals surface area contributed by atoms with E-state index < -0.39 is 0 Å². The van der Waals surface area contributed by atoms with Gasteiger partial charge in [-0.05, 0) is 38.0 Å². The highest BCUT2D eigenvalue weighted by Gasteiger charge is 2.44. The molecule has 5 heteroatoms. The molecule has 114 valence electrons. The van der Waals surface area contributed by atoms with Gasteiger partial charge in [0.05, 0.1) is 0 Å². The molecule has 2 aromatic rings. The van der Waals surface area contributed by atoms with Crippen LogP contribution in [0.4, 0.5) is 0 Å². The van der Waals surface area contributed by atoms with E-state index in [0.717, 1.165) is 35.8 Å². The van der Waals surface area contributed by atoms with Crippen molar-refractivity contribution >= 4 is 5.65 Å². The van der Waals surface area contributed by atoms with Crippen LogP contribution in [0.15, 0.2) is 6.07 Å². The number of aryl methyl sites for hydroxylation is 2. The molecule has 2 aromatic heterocycles. The van der Waals surface area contributed by atoms with Crippen molar-refractivity contribution in [3.8, 4) is 0 Å². The number of aromatic nitrogens is 4. The van der Waals surface area contributed by atoms with Gasteiger partial charge in [-0.2, -0.15) is 0 Å². The van der Waals surface area contributed by atoms with Crippen LogP contribution in [0, 0.1) is 25.2 Å². The Morgan fingerprint density at radius 3 is 2.67 bits per heavy atom. The summed E-state index contributed by atoms with van der Waals surface area (Å²) in [7, 11) is 0. The quantitative estimate of drug-likeness (QED) is 0.875. The van der Waals surface area contributed by atoms with Crippen molar-refractivity contribution in [2.45, 2.75) is 59.4 Å². The second kappa shape index (κ2) is 4.77. The van der Waals surface area contributed by atoms with Crippen LogP contribution < -0.4 is 5.73 Å². The third kappa shape index (κ3) is 2.14. The molecular formula is C16H25N5. The predicted octanol–water partition coefficient (Wildman–Crippen LogP) is 2.61. The molecule has 0 aliphatic heterocycles. The Morgan fingerprint density at radius 2 is 1.95 bits per heavy atom. The largest absolute Gasteiger partial charge is 0.327 e. The fraction of sp³-hybridized carbons (Fsp3) is 0.688. The van der Waals surface area contributed by atoms with Crippen LogP contribution in [0.1, 0.15) is 56.9 Å². The highest BCUT2D eigenvalue weighted by molar-refractivity contribution is 5.40. The zero-order valence-corrected chi connectivity index (χ0v) is 13.6. The van der Waals surface area contributed by atoms with Crippen LogP contribution >= 0.6 is 0 Å². The van der Waals surface area contributed by atoms with Crippen LogP contribution in [0.25, 0.3) is 5.65 Å². The van der Waals surface area contributed by atoms with E-state index in [1.54, 1.807) is 0 Å². The Kier molecular flexibility index (Phi) is 3.28. The zero-order chi connectivity index (χ0) is 15.4. The van der Waals surface area contributed by atoms with E-state index in [4.69, 9.17) is 5.73 Å². The Labute approximate surface area is 126 Å². The van der Waals surface area contributed by atoms with Gasteiger partial charge in [0, 0.05) is 23.7 Å². The second-order valence-electron chi connectivity index (χ2n) is 7.10. The highest BCUT2D eigenvalue weighted by atomic mass is 15.3. The van der Waals surface area contributed by atoms with E-state index in [-0.39, 0.29) is 11.5 Å². The Bertz CT molecular complexity index is 673. The lowest BCUT2D eigenvalue weighted by atomic mass is 9.61. The van der Waals surface area contributed by atoms with Gasteiger partial charge in [0.2, 0.25) is 0 Å². The molecule has 1 fully saturated rings. The fourth-order valence-corrected chi connectivity index (χ4v) is 3.80. The van der Waals surface area contributed by atoms with E-state index in [2.05, 4.69) is 40.4 Å². The standard InChI is InChI=1S/C16H25N5/c1-9-8-14-19-20-15(21(14)11(3)18-9)12-6-7-13(17)10(2)16(12,4)5/h8,10,12-13H,6-7,17H2,1-5H3. The summed E-state index contributed by atoms with van der Waals surface area (Å²) in [6, 6.07) is 2.27. The normalized spacial score (nSPS) is 29.0. The number of rotatable bonds is 1. The maximum absolute atomic E-state index is 6.28. The maximum Gasteiger partial charge on any atom is 0.164 e. The third-order valence-electron chi connectivity index (χ3n) is 5.53. The van der Waals surface area contributed by atoms with Crippen LogP contribution in [-0.2, 0) is 0 Å². The van der Waals surface area contributed by atoms with Crippen molar-refractivity contribution in [1.29, 1.82) is 0 Å². The highest BCUT2D eigenvalue weighted by Crippen LogP contribution is 2.49. The minimum absolute atomic E-state index is 0.109. The van der Waals surface area contributed by atoms with Gasteiger partial charge in [0.15, 0.2) is 5.65 Å². The molecule has 2 N–H and O–H groups in total. The molecule has 0 spiro atoms. The average Bonchev–Trinajstić information content (AvgIpc) is 2.80. The Morgan fingerprint density at radius 1 is 1.24 bits per heavy atom. The van der Waals surface area contributed by atoms with E-state index in [1.165, 1.54) is 0 Å².